The molecule has 5 rings (SSSR count). The minimum Gasteiger partial charge on any atom is -0.496 e. The van der Waals surface area contributed by atoms with Gasteiger partial charge >= 0.3 is 5.97 Å². The molecule has 37 heavy (non-hydrogen) atoms. The van der Waals surface area contributed by atoms with Gasteiger partial charge in [-0.25, -0.2) is 0 Å². The van der Waals surface area contributed by atoms with Crippen LogP contribution in [0, 0.1) is 13.8 Å². The van der Waals surface area contributed by atoms with E-state index in [1.54, 1.807) is 7.11 Å². The fourth-order valence-corrected chi connectivity index (χ4v) is 5.56. The fraction of sp³-hybridized carbons (Fsp3) is 0.242. The average Bonchev–Trinajstić information content (AvgIpc) is 2.91. The van der Waals surface area contributed by atoms with Gasteiger partial charge in [-0.1, -0.05) is 66.7 Å². The molecule has 188 valence electrons. The normalized spacial score (nSPS) is 15.4. The van der Waals surface area contributed by atoms with E-state index >= 15 is 0 Å². The van der Waals surface area contributed by atoms with Crippen LogP contribution >= 0.6 is 0 Å². The largest absolute Gasteiger partial charge is 0.496 e. The second kappa shape index (κ2) is 10.5. The molecule has 0 radical (unpaired) electrons. The summed E-state index contributed by atoms with van der Waals surface area (Å²) in [5, 5.41) is 9.64. The number of benzene rings is 4. The third-order valence-corrected chi connectivity index (χ3v) is 7.35. The predicted molar refractivity (Wildman–Crippen MR) is 147 cm³/mol. The lowest BCUT2D eigenvalue weighted by Gasteiger charge is -2.28. The van der Waals surface area contributed by atoms with Crippen molar-refractivity contribution < 1.29 is 19.4 Å². The average molecular weight is 493 g/mol. The molecule has 2 atom stereocenters. The number of aliphatic carboxylic acids is 1. The molecule has 0 aromatic heterocycles. The number of methoxy groups -OCH3 is 1. The standard InChI is InChI=1S/C33H32O4/c1-21-8-6-9-22(2)33(21)26-11-7-10-24(19-26)29-17-15-25-18-23(14-16-30(25)37-29)28(20-32(34)35)27-12-4-5-13-31(27)36-3/h4-14,16,18-19,28-29H,15,17,20H2,1-3H3,(H,34,35). The SMILES string of the molecule is COc1ccccc1C(CC(=O)O)c1ccc2c(c1)CCC(c1cccc(-c3c(C)cccc3C)c1)O2. The molecular weight excluding hydrogens is 460 g/mol. The van der Waals surface area contributed by atoms with Gasteiger partial charge in [-0.15, -0.1) is 0 Å². The zero-order valence-corrected chi connectivity index (χ0v) is 21.5. The molecule has 0 fully saturated rings. The Balaban J connectivity index is 1.43. The molecule has 0 saturated carbocycles. The van der Waals surface area contributed by atoms with Crippen molar-refractivity contribution in [3.05, 3.63) is 118 Å². The fourth-order valence-electron chi connectivity index (χ4n) is 5.56. The lowest BCUT2D eigenvalue weighted by atomic mass is 9.85. The molecule has 1 aliphatic heterocycles. The van der Waals surface area contributed by atoms with Gasteiger partial charge in [-0.05, 0) is 83.8 Å². The van der Waals surface area contributed by atoms with Gasteiger partial charge in [-0.2, -0.15) is 0 Å². The second-order valence-electron chi connectivity index (χ2n) is 9.80. The van der Waals surface area contributed by atoms with E-state index in [4.69, 9.17) is 9.47 Å². The number of hydrogen-bond acceptors (Lipinski definition) is 3. The van der Waals surface area contributed by atoms with E-state index in [0.717, 1.165) is 35.3 Å². The van der Waals surface area contributed by atoms with Gasteiger partial charge in [0, 0.05) is 11.5 Å². The van der Waals surface area contributed by atoms with Crippen LogP contribution in [0.25, 0.3) is 11.1 Å². The molecule has 4 nitrogen and oxygen atoms in total. The molecule has 0 saturated heterocycles. The van der Waals surface area contributed by atoms with Crippen molar-refractivity contribution in [2.75, 3.05) is 7.11 Å². The molecule has 1 N–H and O–H groups in total. The van der Waals surface area contributed by atoms with E-state index in [2.05, 4.69) is 62.4 Å². The van der Waals surface area contributed by atoms with Crippen LogP contribution in [0.3, 0.4) is 0 Å². The van der Waals surface area contributed by atoms with Crippen LogP contribution in [0.15, 0.2) is 84.9 Å². The summed E-state index contributed by atoms with van der Waals surface area (Å²) < 4.78 is 12.0. The number of carboxylic acid groups (broad SMARTS) is 1. The molecular formula is C33H32O4. The Morgan fingerprint density at radius 1 is 0.973 bits per heavy atom. The molecule has 4 aromatic rings. The molecule has 0 spiro atoms. The Bertz CT molecular complexity index is 1420. The Hall–Kier alpha value is -4.05. The Labute approximate surface area is 218 Å². The van der Waals surface area contributed by atoms with E-state index in [1.807, 2.05) is 36.4 Å². The van der Waals surface area contributed by atoms with Gasteiger partial charge in [0.15, 0.2) is 0 Å². The topological polar surface area (TPSA) is 55.8 Å². The van der Waals surface area contributed by atoms with Crippen LogP contribution in [0.2, 0.25) is 0 Å². The highest BCUT2D eigenvalue weighted by Crippen LogP contribution is 2.40. The maximum atomic E-state index is 11.8. The Kier molecular flexibility index (Phi) is 7.00. The third kappa shape index (κ3) is 5.10. The molecule has 1 heterocycles. The zero-order valence-electron chi connectivity index (χ0n) is 21.5. The number of ether oxygens (including phenoxy) is 2. The number of fused-ring (bicyclic) bond motifs is 1. The molecule has 0 amide bonds. The first-order valence-electron chi connectivity index (χ1n) is 12.8. The van der Waals surface area contributed by atoms with Crippen molar-refractivity contribution in [3.8, 4) is 22.6 Å². The summed E-state index contributed by atoms with van der Waals surface area (Å²) in [4.78, 5) is 11.8. The van der Waals surface area contributed by atoms with Crippen molar-refractivity contribution in [3.63, 3.8) is 0 Å². The molecule has 2 unspecified atom stereocenters. The summed E-state index contributed by atoms with van der Waals surface area (Å²) in [5.41, 5.74) is 9.17. The molecule has 1 aliphatic rings. The summed E-state index contributed by atoms with van der Waals surface area (Å²) in [6.45, 7) is 4.31. The summed E-state index contributed by atoms with van der Waals surface area (Å²) in [5.74, 6) is 0.428. The maximum Gasteiger partial charge on any atom is 0.304 e. The number of para-hydroxylation sites is 1. The first-order chi connectivity index (χ1) is 17.9. The van der Waals surface area contributed by atoms with Crippen molar-refractivity contribution in [1.82, 2.24) is 0 Å². The number of carboxylic acids is 1. The van der Waals surface area contributed by atoms with Crippen LogP contribution in [-0.2, 0) is 11.2 Å². The summed E-state index contributed by atoms with van der Waals surface area (Å²) in [6.07, 6.45) is 1.71. The van der Waals surface area contributed by atoms with E-state index < -0.39 is 5.97 Å². The lowest BCUT2D eigenvalue weighted by molar-refractivity contribution is -0.137. The quantitative estimate of drug-likeness (QED) is 0.288. The van der Waals surface area contributed by atoms with Crippen molar-refractivity contribution in [2.24, 2.45) is 0 Å². The van der Waals surface area contributed by atoms with E-state index in [0.29, 0.717) is 5.75 Å². The van der Waals surface area contributed by atoms with Crippen molar-refractivity contribution in [1.29, 1.82) is 0 Å². The van der Waals surface area contributed by atoms with Crippen molar-refractivity contribution >= 4 is 5.97 Å². The molecule has 4 heteroatoms. The monoisotopic (exact) mass is 492 g/mol. The van der Waals surface area contributed by atoms with Crippen LogP contribution in [-0.4, -0.2) is 18.2 Å². The minimum absolute atomic E-state index is 0.00620. The molecule has 4 aromatic carbocycles. The van der Waals surface area contributed by atoms with Crippen LogP contribution in [0.5, 0.6) is 11.5 Å². The predicted octanol–water partition coefficient (Wildman–Crippen LogP) is 7.65. The van der Waals surface area contributed by atoms with Crippen LogP contribution in [0.1, 0.15) is 58.2 Å². The highest BCUT2D eigenvalue weighted by Gasteiger charge is 2.26. The van der Waals surface area contributed by atoms with Crippen LogP contribution in [0.4, 0.5) is 0 Å². The first kappa shape index (κ1) is 24.6. The van der Waals surface area contributed by atoms with Gasteiger partial charge in [-0.3, -0.25) is 4.79 Å². The highest BCUT2D eigenvalue weighted by atomic mass is 16.5. The van der Waals surface area contributed by atoms with Gasteiger partial charge < -0.3 is 14.6 Å². The van der Waals surface area contributed by atoms with Gasteiger partial charge in [0.1, 0.15) is 17.6 Å². The van der Waals surface area contributed by atoms with Crippen LogP contribution < -0.4 is 9.47 Å². The van der Waals surface area contributed by atoms with Gasteiger partial charge in [0.2, 0.25) is 0 Å². The Morgan fingerprint density at radius 2 is 1.73 bits per heavy atom. The number of rotatable bonds is 7. The van der Waals surface area contributed by atoms with Crippen molar-refractivity contribution in [2.45, 2.75) is 45.1 Å². The number of aryl methyl sites for hydroxylation is 3. The lowest BCUT2D eigenvalue weighted by Crippen LogP contribution is -2.16. The molecule has 0 bridgehead atoms. The second-order valence-corrected chi connectivity index (χ2v) is 9.80. The number of hydrogen-bond donors (Lipinski definition) is 1. The summed E-state index contributed by atoms with van der Waals surface area (Å²) in [6, 6.07) is 28.8. The minimum atomic E-state index is -0.839. The zero-order chi connectivity index (χ0) is 25.9. The summed E-state index contributed by atoms with van der Waals surface area (Å²) in [7, 11) is 1.62. The van der Waals surface area contributed by atoms with Gasteiger partial charge in [0.05, 0.1) is 13.5 Å². The first-order valence-corrected chi connectivity index (χ1v) is 12.8. The maximum absolute atomic E-state index is 11.8. The van der Waals surface area contributed by atoms with E-state index in [1.165, 1.54) is 27.8 Å². The van der Waals surface area contributed by atoms with E-state index in [9.17, 15) is 9.90 Å². The third-order valence-electron chi connectivity index (χ3n) is 7.35. The smallest absolute Gasteiger partial charge is 0.304 e. The molecule has 0 aliphatic carbocycles. The number of carbonyl (C=O) groups is 1. The van der Waals surface area contributed by atoms with E-state index in [-0.39, 0.29) is 18.4 Å². The summed E-state index contributed by atoms with van der Waals surface area (Å²) >= 11 is 0. The van der Waals surface area contributed by atoms with Gasteiger partial charge in [0.25, 0.3) is 0 Å². The highest BCUT2D eigenvalue weighted by molar-refractivity contribution is 5.71. The Morgan fingerprint density at radius 3 is 2.49 bits per heavy atom.